The van der Waals surface area contributed by atoms with E-state index in [1.165, 1.54) is 0 Å². The third-order valence-corrected chi connectivity index (χ3v) is 3.39. The minimum Gasteiger partial charge on any atom is -0.481 e. The Morgan fingerprint density at radius 2 is 1.89 bits per heavy atom. The zero-order valence-electron chi connectivity index (χ0n) is 10.7. The maximum atomic E-state index is 11.7. The molecule has 0 aliphatic rings. The summed E-state index contributed by atoms with van der Waals surface area (Å²) in [5.41, 5.74) is -0.271. The van der Waals surface area contributed by atoms with E-state index in [0.29, 0.717) is 10.0 Å². The lowest BCUT2D eigenvalue weighted by Gasteiger charge is -2.19. The van der Waals surface area contributed by atoms with Gasteiger partial charge in [0.2, 0.25) is 5.91 Å². The molecule has 0 fully saturated rings. The van der Waals surface area contributed by atoms with Crippen molar-refractivity contribution in [1.82, 2.24) is 5.32 Å². The number of nitrogens with one attached hydrogen (secondary N) is 1. The fraction of sp³-hybridized carbons (Fsp3) is 0.385. The molecule has 0 saturated carbocycles. The predicted octanol–water partition coefficient (Wildman–Crippen LogP) is 2.76. The standard InChI is InChI=1S/C13H15Cl2NO3/c1-13(2,12(18)19)7-16-11(17)6-8-3-4-9(14)10(15)5-8/h3-5H,6-7H2,1-2H3,(H,16,17)(H,18,19). The molecule has 0 saturated heterocycles. The molecule has 1 amide bonds. The Morgan fingerprint density at radius 1 is 1.26 bits per heavy atom. The quantitative estimate of drug-likeness (QED) is 0.879. The summed E-state index contributed by atoms with van der Waals surface area (Å²) in [6.07, 6.45) is 0.132. The number of carbonyl (C=O) groups excluding carboxylic acids is 1. The van der Waals surface area contributed by atoms with Gasteiger partial charge in [-0.3, -0.25) is 9.59 Å². The molecule has 0 radical (unpaired) electrons. The van der Waals surface area contributed by atoms with Crippen molar-refractivity contribution in [3.63, 3.8) is 0 Å². The van der Waals surface area contributed by atoms with Crippen LogP contribution >= 0.6 is 23.2 Å². The van der Waals surface area contributed by atoms with Crippen LogP contribution in [0.15, 0.2) is 18.2 Å². The van der Waals surface area contributed by atoms with Crippen LogP contribution in [0.4, 0.5) is 0 Å². The van der Waals surface area contributed by atoms with Gasteiger partial charge >= 0.3 is 5.97 Å². The van der Waals surface area contributed by atoms with E-state index in [1.54, 1.807) is 32.0 Å². The monoisotopic (exact) mass is 303 g/mol. The normalized spacial score (nSPS) is 11.2. The largest absolute Gasteiger partial charge is 0.481 e. The van der Waals surface area contributed by atoms with Gasteiger partial charge in [-0.15, -0.1) is 0 Å². The summed E-state index contributed by atoms with van der Waals surface area (Å²) in [4.78, 5) is 22.6. The van der Waals surface area contributed by atoms with Gasteiger partial charge in [-0.05, 0) is 31.5 Å². The first-order chi connectivity index (χ1) is 8.72. The van der Waals surface area contributed by atoms with Crippen LogP contribution in [-0.2, 0) is 16.0 Å². The molecule has 104 valence electrons. The van der Waals surface area contributed by atoms with Gasteiger partial charge in [0.15, 0.2) is 0 Å². The van der Waals surface area contributed by atoms with Crippen LogP contribution in [-0.4, -0.2) is 23.5 Å². The van der Waals surface area contributed by atoms with E-state index in [9.17, 15) is 9.59 Å². The Bertz CT molecular complexity index is 501. The fourth-order valence-electron chi connectivity index (χ4n) is 1.29. The number of carboxylic acids is 1. The molecular formula is C13H15Cl2NO3. The average molecular weight is 304 g/mol. The van der Waals surface area contributed by atoms with E-state index in [4.69, 9.17) is 28.3 Å². The molecule has 0 spiro atoms. The number of benzene rings is 1. The zero-order valence-corrected chi connectivity index (χ0v) is 12.2. The van der Waals surface area contributed by atoms with Gasteiger partial charge in [-0.1, -0.05) is 29.3 Å². The van der Waals surface area contributed by atoms with Crippen molar-refractivity contribution in [1.29, 1.82) is 0 Å². The number of hydrogen-bond acceptors (Lipinski definition) is 2. The molecule has 19 heavy (non-hydrogen) atoms. The van der Waals surface area contributed by atoms with E-state index >= 15 is 0 Å². The first-order valence-corrected chi connectivity index (χ1v) is 6.42. The first kappa shape index (κ1) is 15.8. The molecule has 0 unspecified atom stereocenters. The fourth-order valence-corrected chi connectivity index (χ4v) is 1.61. The summed E-state index contributed by atoms with van der Waals surface area (Å²) >= 11 is 11.6. The molecule has 4 nitrogen and oxygen atoms in total. The van der Waals surface area contributed by atoms with Crippen LogP contribution in [0.25, 0.3) is 0 Å². The molecule has 0 bridgehead atoms. The third-order valence-electron chi connectivity index (χ3n) is 2.66. The van der Waals surface area contributed by atoms with Crippen molar-refractivity contribution in [3.05, 3.63) is 33.8 Å². The van der Waals surface area contributed by atoms with Crippen LogP contribution in [0.2, 0.25) is 10.0 Å². The molecule has 1 aromatic carbocycles. The number of amides is 1. The maximum Gasteiger partial charge on any atom is 0.310 e. The Labute approximate surface area is 121 Å². The number of aliphatic carboxylic acids is 1. The van der Waals surface area contributed by atoms with Crippen LogP contribution in [0.1, 0.15) is 19.4 Å². The van der Waals surface area contributed by atoms with Gasteiger partial charge in [0.1, 0.15) is 0 Å². The van der Waals surface area contributed by atoms with E-state index < -0.39 is 11.4 Å². The second-order valence-corrected chi connectivity index (χ2v) is 5.71. The molecule has 1 rings (SSSR count). The van der Waals surface area contributed by atoms with Crippen molar-refractivity contribution >= 4 is 35.1 Å². The van der Waals surface area contributed by atoms with Gasteiger partial charge in [-0.2, -0.15) is 0 Å². The second kappa shape index (κ2) is 6.26. The summed E-state index contributed by atoms with van der Waals surface area (Å²) in [6, 6.07) is 4.94. The number of carbonyl (C=O) groups is 2. The highest BCUT2D eigenvalue weighted by molar-refractivity contribution is 6.42. The Hall–Kier alpha value is -1.26. The molecule has 0 atom stereocenters. The molecule has 6 heteroatoms. The van der Waals surface area contributed by atoms with Gasteiger partial charge in [0, 0.05) is 6.54 Å². The van der Waals surface area contributed by atoms with Crippen molar-refractivity contribution < 1.29 is 14.7 Å². The summed E-state index contributed by atoms with van der Waals surface area (Å²) in [5.74, 6) is -1.21. The molecule has 0 aromatic heterocycles. The highest BCUT2D eigenvalue weighted by atomic mass is 35.5. The Morgan fingerprint density at radius 3 is 2.42 bits per heavy atom. The zero-order chi connectivity index (χ0) is 14.6. The van der Waals surface area contributed by atoms with E-state index in [2.05, 4.69) is 5.32 Å². The van der Waals surface area contributed by atoms with Gasteiger partial charge < -0.3 is 10.4 Å². The lowest BCUT2D eigenvalue weighted by atomic mass is 9.94. The van der Waals surface area contributed by atoms with E-state index in [-0.39, 0.29) is 18.9 Å². The Kier molecular flexibility index (Phi) is 5.20. The molecule has 2 N–H and O–H groups in total. The minimum absolute atomic E-state index is 0.0719. The van der Waals surface area contributed by atoms with Crippen molar-refractivity contribution in [3.8, 4) is 0 Å². The van der Waals surface area contributed by atoms with Crippen LogP contribution in [0, 0.1) is 5.41 Å². The van der Waals surface area contributed by atoms with Crippen LogP contribution in [0.3, 0.4) is 0 Å². The summed E-state index contributed by atoms with van der Waals surface area (Å²) in [5, 5.41) is 12.3. The topological polar surface area (TPSA) is 66.4 Å². The number of hydrogen-bond donors (Lipinski definition) is 2. The number of rotatable bonds is 5. The predicted molar refractivity (Wildman–Crippen MR) is 74.6 cm³/mol. The summed E-state index contributed by atoms with van der Waals surface area (Å²) in [7, 11) is 0. The van der Waals surface area contributed by atoms with Crippen LogP contribution in [0.5, 0.6) is 0 Å². The van der Waals surface area contributed by atoms with Crippen LogP contribution < -0.4 is 5.32 Å². The van der Waals surface area contributed by atoms with E-state index in [1.807, 2.05) is 0 Å². The average Bonchev–Trinajstić information content (AvgIpc) is 2.31. The molecule has 0 aliphatic heterocycles. The van der Waals surface area contributed by atoms with Gasteiger partial charge in [-0.25, -0.2) is 0 Å². The number of carboxylic acid groups (broad SMARTS) is 1. The van der Waals surface area contributed by atoms with Gasteiger partial charge in [0.05, 0.1) is 21.9 Å². The maximum absolute atomic E-state index is 11.7. The molecular weight excluding hydrogens is 289 g/mol. The van der Waals surface area contributed by atoms with Crippen molar-refractivity contribution in [2.75, 3.05) is 6.54 Å². The highest BCUT2D eigenvalue weighted by Gasteiger charge is 2.27. The molecule has 0 aliphatic carbocycles. The van der Waals surface area contributed by atoms with Crippen molar-refractivity contribution in [2.45, 2.75) is 20.3 Å². The van der Waals surface area contributed by atoms with Crippen molar-refractivity contribution in [2.24, 2.45) is 5.41 Å². The number of halogens is 2. The lowest BCUT2D eigenvalue weighted by Crippen LogP contribution is -2.39. The highest BCUT2D eigenvalue weighted by Crippen LogP contribution is 2.22. The summed E-state index contributed by atoms with van der Waals surface area (Å²) < 4.78 is 0. The SMILES string of the molecule is CC(C)(CNC(=O)Cc1ccc(Cl)c(Cl)c1)C(=O)O. The third kappa shape index (κ3) is 4.73. The molecule has 1 aromatic rings. The van der Waals surface area contributed by atoms with E-state index in [0.717, 1.165) is 5.56 Å². The summed E-state index contributed by atoms with van der Waals surface area (Å²) in [6.45, 7) is 3.17. The smallest absolute Gasteiger partial charge is 0.310 e. The minimum atomic E-state index is -0.993. The lowest BCUT2D eigenvalue weighted by molar-refractivity contribution is -0.146. The Balaban J connectivity index is 2.56. The second-order valence-electron chi connectivity index (χ2n) is 4.89. The molecule has 0 heterocycles. The van der Waals surface area contributed by atoms with Gasteiger partial charge in [0.25, 0.3) is 0 Å². The first-order valence-electron chi connectivity index (χ1n) is 5.66.